The Morgan fingerprint density at radius 3 is 2.84 bits per heavy atom. The largest absolute Gasteiger partial charge is 0.298 e. The standard InChI is InChI=1S/C16H21N3/c17-9-8-16(14-5-2-1-3-6-14)19-12-11-18-10-4-7-15(18)13-19/h1-3,5-6,15-16H,4,7-8,10-13H2. The lowest BCUT2D eigenvalue weighted by atomic mass is 10.0. The Morgan fingerprint density at radius 1 is 1.21 bits per heavy atom. The quantitative estimate of drug-likeness (QED) is 0.831. The molecule has 2 aliphatic rings. The molecule has 2 fully saturated rings. The van der Waals surface area contributed by atoms with Gasteiger partial charge < -0.3 is 0 Å². The van der Waals surface area contributed by atoms with Gasteiger partial charge in [-0.15, -0.1) is 0 Å². The monoisotopic (exact) mass is 255 g/mol. The van der Waals surface area contributed by atoms with Crippen LogP contribution >= 0.6 is 0 Å². The van der Waals surface area contributed by atoms with Gasteiger partial charge in [-0.3, -0.25) is 9.80 Å². The number of rotatable bonds is 3. The summed E-state index contributed by atoms with van der Waals surface area (Å²) in [6.07, 6.45) is 3.26. The van der Waals surface area contributed by atoms with Gasteiger partial charge in [-0.1, -0.05) is 30.3 Å². The van der Waals surface area contributed by atoms with Crippen LogP contribution in [0.25, 0.3) is 0 Å². The number of nitriles is 1. The Labute approximate surface area is 115 Å². The Hall–Kier alpha value is -1.37. The first-order valence-corrected chi connectivity index (χ1v) is 7.28. The number of hydrogen-bond donors (Lipinski definition) is 0. The molecule has 100 valence electrons. The first-order valence-electron chi connectivity index (χ1n) is 7.28. The summed E-state index contributed by atoms with van der Waals surface area (Å²) in [7, 11) is 0. The minimum Gasteiger partial charge on any atom is -0.298 e. The summed E-state index contributed by atoms with van der Waals surface area (Å²) >= 11 is 0. The maximum absolute atomic E-state index is 9.13. The van der Waals surface area contributed by atoms with Crippen molar-refractivity contribution in [1.82, 2.24) is 9.80 Å². The SMILES string of the molecule is N#CCC(c1ccccc1)N1CCN2CCCC2C1. The third kappa shape index (κ3) is 2.65. The number of nitrogens with zero attached hydrogens (tertiary/aromatic N) is 3. The highest BCUT2D eigenvalue weighted by molar-refractivity contribution is 5.20. The van der Waals surface area contributed by atoms with E-state index in [9.17, 15) is 0 Å². The number of benzene rings is 1. The van der Waals surface area contributed by atoms with Crippen LogP contribution in [0.4, 0.5) is 0 Å². The summed E-state index contributed by atoms with van der Waals surface area (Å²) in [5, 5.41) is 9.13. The lowest BCUT2D eigenvalue weighted by Gasteiger charge is -2.41. The fourth-order valence-corrected chi connectivity index (χ4v) is 3.52. The van der Waals surface area contributed by atoms with Crippen LogP contribution in [0.5, 0.6) is 0 Å². The minimum absolute atomic E-state index is 0.272. The maximum atomic E-state index is 9.13. The van der Waals surface area contributed by atoms with Crippen LogP contribution < -0.4 is 0 Å². The van der Waals surface area contributed by atoms with Gasteiger partial charge in [0.2, 0.25) is 0 Å². The van der Waals surface area contributed by atoms with E-state index >= 15 is 0 Å². The van der Waals surface area contributed by atoms with Crippen LogP contribution in [0.3, 0.4) is 0 Å². The lowest BCUT2D eigenvalue weighted by molar-refractivity contribution is 0.0724. The zero-order valence-corrected chi connectivity index (χ0v) is 11.3. The number of hydrogen-bond acceptors (Lipinski definition) is 3. The topological polar surface area (TPSA) is 30.3 Å². The zero-order valence-electron chi connectivity index (χ0n) is 11.3. The van der Waals surface area contributed by atoms with Gasteiger partial charge in [0.05, 0.1) is 12.5 Å². The molecule has 0 radical (unpaired) electrons. The molecule has 0 N–H and O–H groups in total. The second-order valence-corrected chi connectivity index (χ2v) is 5.62. The van der Waals surface area contributed by atoms with Crippen molar-refractivity contribution in [3.8, 4) is 6.07 Å². The summed E-state index contributed by atoms with van der Waals surface area (Å²) in [4.78, 5) is 5.13. The Morgan fingerprint density at radius 2 is 2.05 bits per heavy atom. The molecule has 2 atom stereocenters. The molecule has 2 heterocycles. The van der Waals surface area contributed by atoms with Crippen molar-refractivity contribution in [2.45, 2.75) is 31.3 Å². The molecule has 3 rings (SSSR count). The van der Waals surface area contributed by atoms with E-state index < -0.39 is 0 Å². The molecule has 2 aliphatic heterocycles. The van der Waals surface area contributed by atoms with Crippen molar-refractivity contribution >= 4 is 0 Å². The van der Waals surface area contributed by atoms with Crippen LogP contribution in [0.1, 0.15) is 30.9 Å². The summed E-state index contributed by atoms with van der Waals surface area (Å²) in [5.74, 6) is 0. The molecule has 0 aromatic heterocycles. The van der Waals surface area contributed by atoms with Gasteiger partial charge in [-0.2, -0.15) is 5.26 Å². The van der Waals surface area contributed by atoms with E-state index in [1.807, 2.05) is 6.07 Å². The first-order chi connectivity index (χ1) is 9.38. The van der Waals surface area contributed by atoms with Crippen molar-refractivity contribution in [1.29, 1.82) is 5.26 Å². The first kappa shape index (κ1) is 12.7. The zero-order chi connectivity index (χ0) is 13.1. The smallest absolute Gasteiger partial charge is 0.0641 e. The van der Waals surface area contributed by atoms with Crippen molar-refractivity contribution < 1.29 is 0 Å². The normalized spacial score (nSPS) is 25.7. The Bertz CT molecular complexity index is 451. The summed E-state index contributed by atoms with van der Waals surface area (Å²) in [5.41, 5.74) is 1.29. The maximum Gasteiger partial charge on any atom is 0.0641 e. The van der Waals surface area contributed by atoms with E-state index in [-0.39, 0.29) is 6.04 Å². The van der Waals surface area contributed by atoms with E-state index in [2.05, 4.69) is 40.1 Å². The molecule has 0 spiro atoms. The molecular formula is C16H21N3. The van der Waals surface area contributed by atoms with Crippen molar-refractivity contribution in [3.05, 3.63) is 35.9 Å². The van der Waals surface area contributed by atoms with E-state index in [1.165, 1.54) is 31.5 Å². The third-order valence-corrected chi connectivity index (χ3v) is 4.53. The number of fused-ring (bicyclic) bond motifs is 1. The molecule has 0 aliphatic carbocycles. The molecule has 1 aromatic rings. The van der Waals surface area contributed by atoms with Crippen LogP contribution in [0, 0.1) is 11.3 Å². The minimum atomic E-state index is 0.272. The van der Waals surface area contributed by atoms with Crippen molar-refractivity contribution in [2.75, 3.05) is 26.2 Å². The summed E-state index contributed by atoms with van der Waals surface area (Å²) < 4.78 is 0. The third-order valence-electron chi connectivity index (χ3n) is 4.53. The molecule has 0 saturated carbocycles. The average molecular weight is 255 g/mol. The lowest BCUT2D eigenvalue weighted by Crippen LogP contribution is -2.51. The fraction of sp³-hybridized carbons (Fsp3) is 0.562. The molecule has 2 saturated heterocycles. The molecule has 19 heavy (non-hydrogen) atoms. The molecule has 0 bridgehead atoms. The molecule has 3 nitrogen and oxygen atoms in total. The van der Waals surface area contributed by atoms with E-state index in [4.69, 9.17) is 5.26 Å². The number of piperazine rings is 1. The van der Waals surface area contributed by atoms with Gasteiger partial charge in [0.25, 0.3) is 0 Å². The van der Waals surface area contributed by atoms with Crippen LogP contribution in [-0.4, -0.2) is 42.0 Å². The average Bonchev–Trinajstić information content (AvgIpc) is 2.93. The molecule has 1 aromatic carbocycles. The Balaban J connectivity index is 1.76. The fourth-order valence-electron chi connectivity index (χ4n) is 3.52. The predicted molar refractivity (Wildman–Crippen MR) is 75.6 cm³/mol. The van der Waals surface area contributed by atoms with Gasteiger partial charge in [-0.05, 0) is 24.9 Å². The van der Waals surface area contributed by atoms with Gasteiger partial charge >= 0.3 is 0 Å². The summed E-state index contributed by atoms with van der Waals surface area (Å²) in [6.45, 7) is 4.66. The van der Waals surface area contributed by atoms with Gasteiger partial charge in [0.1, 0.15) is 0 Å². The van der Waals surface area contributed by atoms with Crippen LogP contribution in [0.2, 0.25) is 0 Å². The van der Waals surface area contributed by atoms with Crippen LogP contribution in [-0.2, 0) is 0 Å². The van der Waals surface area contributed by atoms with E-state index in [0.29, 0.717) is 6.42 Å². The molecule has 2 unspecified atom stereocenters. The van der Waals surface area contributed by atoms with Gasteiger partial charge in [0, 0.05) is 31.7 Å². The summed E-state index contributed by atoms with van der Waals surface area (Å²) in [6, 6.07) is 13.9. The second-order valence-electron chi connectivity index (χ2n) is 5.62. The van der Waals surface area contributed by atoms with Crippen LogP contribution in [0.15, 0.2) is 30.3 Å². The van der Waals surface area contributed by atoms with E-state index in [1.54, 1.807) is 0 Å². The molecule has 3 heteroatoms. The predicted octanol–water partition coefficient (Wildman–Crippen LogP) is 2.42. The van der Waals surface area contributed by atoms with Crippen molar-refractivity contribution in [3.63, 3.8) is 0 Å². The van der Waals surface area contributed by atoms with Gasteiger partial charge in [-0.25, -0.2) is 0 Å². The van der Waals surface area contributed by atoms with E-state index in [0.717, 1.165) is 19.1 Å². The Kier molecular flexibility index (Phi) is 3.82. The second kappa shape index (κ2) is 5.73. The molecule has 0 amide bonds. The van der Waals surface area contributed by atoms with Gasteiger partial charge in [0.15, 0.2) is 0 Å². The highest BCUT2D eigenvalue weighted by Gasteiger charge is 2.33. The molecular weight excluding hydrogens is 234 g/mol. The highest BCUT2D eigenvalue weighted by Crippen LogP contribution is 2.29. The highest BCUT2D eigenvalue weighted by atomic mass is 15.3. The van der Waals surface area contributed by atoms with Crippen molar-refractivity contribution in [2.24, 2.45) is 0 Å².